The van der Waals surface area contributed by atoms with Crippen LogP contribution in [0.5, 0.6) is 0 Å². The zero-order chi connectivity index (χ0) is 26.2. The number of halogens is 2. The molecular weight excluding hydrogens is 479 g/mol. The molecule has 188 valence electrons. The molecule has 0 saturated heterocycles. The average molecular weight is 509 g/mol. The largest absolute Gasteiger partial charge is 0.480 e. The summed E-state index contributed by atoms with van der Waals surface area (Å²) in [6.45, 7) is 7.61. The molecule has 1 fully saturated rings. The molecule has 3 N–H and O–H groups in total. The van der Waals surface area contributed by atoms with E-state index in [4.69, 9.17) is 11.6 Å². The van der Waals surface area contributed by atoms with Crippen LogP contribution < -0.4 is 10.6 Å². The normalized spacial score (nSPS) is 14.7. The van der Waals surface area contributed by atoms with E-state index < -0.39 is 17.4 Å². The molecule has 36 heavy (non-hydrogen) atoms. The molecule has 1 aliphatic carbocycles. The van der Waals surface area contributed by atoms with Gasteiger partial charge in [-0.3, -0.25) is 4.79 Å². The Morgan fingerprint density at radius 3 is 2.25 bits per heavy atom. The number of rotatable bonds is 8. The highest BCUT2D eigenvalue weighted by atomic mass is 35.5. The van der Waals surface area contributed by atoms with Gasteiger partial charge in [-0.1, -0.05) is 42.8 Å². The Labute approximate surface area is 215 Å². The monoisotopic (exact) mass is 508 g/mol. The fourth-order valence-corrected chi connectivity index (χ4v) is 4.74. The maximum absolute atomic E-state index is 15.0. The Bertz CT molecular complexity index is 1330. The highest BCUT2D eigenvalue weighted by Crippen LogP contribution is 2.37. The van der Waals surface area contributed by atoms with E-state index >= 15 is 0 Å². The first-order chi connectivity index (χ1) is 17.0. The zero-order valence-corrected chi connectivity index (χ0v) is 21.6. The molecule has 0 aromatic heterocycles. The van der Waals surface area contributed by atoms with E-state index in [1.165, 1.54) is 6.07 Å². The number of benzene rings is 3. The molecule has 4 rings (SSSR count). The molecule has 0 radical (unpaired) electrons. The number of carbonyl (C=O) groups excluding carboxylic acids is 1. The predicted molar refractivity (Wildman–Crippen MR) is 141 cm³/mol. The second kappa shape index (κ2) is 9.94. The fraction of sp³-hybridized carbons (Fsp3) is 0.310. The molecule has 1 atom stereocenters. The van der Waals surface area contributed by atoms with E-state index in [2.05, 4.69) is 23.6 Å². The summed E-state index contributed by atoms with van der Waals surface area (Å²) < 4.78 is 15.0. The molecule has 0 heterocycles. The summed E-state index contributed by atoms with van der Waals surface area (Å²) in [6, 6.07) is 14.4. The molecule has 0 spiro atoms. The third kappa shape index (κ3) is 5.09. The molecule has 7 heteroatoms. The van der Waals surface area contributed by atoms with Gasteiger partial charge in [0.15, 0.2) is 0 Å². The Hall–Kier alpha value is -3.38. The van der Waals surface area contributed by atoms with Crippen molar-refractivity contribution in [2.24, 2.45) is 0 Å². The molecule has 3 aromatic carbocycles. The summed E-state index contributed by atoms with van der Waals surface area (Å²) in [6.07, 6.45) is 1.67. The van der Waals surface area contributed by atoms with E-state index in [0.29, 0.717) is 40.7 Å². The highest BCUT2D eigenvalue weighted by Gasteiger charge is 2.51. The Morgan fingerprint density at radius 2 is 1.69 bits per heavy atom. The van der Waals surface area contributed by atoms with E-state index in [9.17, 15) is 19.1 Å². The zero-order valence-electron chi connectivity index (χ0n) is 20.8. The lowest BCUT2D eigenvalue weighted by molar-refractivity contribution is -0.140. The van der Waals surface area contributed by atoms with Crippen molar-refractivity contribution in [2.45, 2.75) is 58.5 Å². The van der Waals surface area contributed by atoms with E-state index in [1.807, 2.05) is 19.1 Å². The van der Waals surface area contributed by atoms with Crippen LogP contribution in [-0.2, 0) is 4.79 Å². The van der Waals surface area contributed by atoms with Gasteiger partial charge in [-0.2, -0.15) is 0 Å². The van der Waals surface area contributed by atoms with Crippen LogP contribution in [0.25, 0.3) is 11.1 Å². The van der Waals surface area contributed by atoms with Crippen LogP contribution in [0, 0.1) is 26.6 Å². The number of carbonyl (C=O) groups is 2. The summed E-state index contributed by atoms with van der Waals surface area (Å²) in [4.78, 5) is 24.4. The van der Waals surface area contributed by atoms with E-state index in [1.54, 1.807) is 38.1 Å². The van der Waals surface area contributed by atoms with Crippen molar-refractivity contribution in [3.63, 3.8) is 0 Å². The minimum Gasteiger partial charge on any atom is -0.480 e. The van der Waals surface area contributed by atoms with E-state index in [0.717, 1.165) is 28.3 Å². The Morgan fingerprint density at radius 1 is 1.03 bits per heavy atom. The van der Waals surface area contributed by atoms with Gasteiger partial charge >= 0.3 is 5.97 Å². The third-order valence-electron chi connectivity index (χ3n) is 6.88. The predicted octanol–water partition coefficient (Wildman–Crippen LogP) is 6.98. The second-order valence-corrected chi connectivity index (χ2v) is 10.0. The number of carboxylic acid groups (broad SMARTS) is 1. The Kier molecular flexibility index (Phi) is 7.10. The fourth-order valence-electron chi connectivity index (χ4n) is 4.62. The first-order valence-corrected chi connectivity index (χ1v) is 12.4. The van der Waals surface area contributed by atoms with Crippen molar-refractivity contribution in [1.82, 2.24) is 5.32 Å². The van der Waals surface area contributed by atoms with Gasteiger partial charge < -0.3 is 15.7 Å². The standard InChI is InChI=1S/C29H30ClFN2O3/c1-5-25(19-6-8-23(30)16(2)12-19)32-21-7-9-24(31)22(15-21)20-13-17(3)26(18(4)14-20)27(34)33-29(10-11-29)28(35)36/h6-9,12-15,25,32H,5,10-11H2,1-4H3,(H,33,34)(H,35,36)/t25-/m1/s1. The summed E-state index contributed by atoms with van der Waals surface area (Å²) in [5.41, 5.74) is 4.52. The van der Waals surface area contributed by atoms with Gasteiger partial charge in [0, 0.05) is 21.8 Å². The number of aryl methyl sites for hydroxylation is 3. The van der Waals surface area contributed by atoms with Gasteiger partial charge in [0.2, 0.25) is 0 Å². The molecule has 1 aliphatic rings. The van der Waals surface area contributed by atoms with Gasteiger partial charge in [-0.15, -0.1) is 0 Å². The lowest BCUT2D eigenvalue weighted by atomic mass is 9.94. The van der Waals surface area contributed by atoms with Crippen LogP contribution in [0.2, 0.25) is 5.02 Å². The smallest absolute Gasteiger partial charge is 0.329 e. The van der Waals surface area contributed by atoms with Crippen LogP contribution in [0.1, 0.15) is 64.8 Å². The molecule has 5 nitrogen and oxygen atoms in total. The van der Waals surface area contributed by atoms with Crippen LogP contribution in [0.3, 0.4) is 0 Å². The summed E-state index contributed by atoms with van der Waals surface area (Å²) in [5.74, 6) is -1.81. The lowest BCUT2D eigenvalue weighted by Gasteiger charge is -2.21. The average Bonchev–Trinajstić information content (AvgIpc) is 3.60. The van der Waals surface area contributed by atoms with Gasteiger partial charge in [0.1, 0.15) is 11.4 Å². The van der Waals surface area contributed by atoms with Crippen LogP contribution in [-0.4, -0.2) is 22.5 Å². The number of aliphatic carboxylic acids is 1. The topological polar surface area (TPSA) is 78.4 Å². The van der Waals surface area contributed by atoms with Crippen molar-refractivity contribution in [3.05, 3.63) is 87.2 Å². The summed E-state index contributed by atoms with van der Waals surface area (Å²) >= 11 is 6.19. The third-order valence-corrected chi connectivity index (χ3v) is 7.31. The number of carboxylic acids is 1. The number of nitrogens with one attached hydrogen (secondary N) is 2. The minimum atomic E-state index is -1.17. The molecule has 1 saturated carbocycles. The molecule has 0 bridgehead atoms. The van der Waals surface area contributed by atoms with Crippen molar-refractivity contribution in [2.75, 3.05) is 5.32 Å². The van der Waals surface area contributed by atoms with Gasteiger partial charge in [-0.25, -0.2) is 9.18 Å². The molecular formula is C29H30ClFN2O3. The number of hydrogen-bond acceptors (Lipinski definition) is 3. The SMILES string of the molecule is CC[C@@H](Nc1ccc(F)c(-c2cc(C)c(C(=O)NC3(C(=O)O)CC3)c(C)c2)c1)c1ccc(Cl)c(C)c1. The Balaban J connectivity index is 1.62. The first kappa shape index (κ1) is 25.7. The van der Waals surface area contributed by atoms with Crippen LogP contribution in [0.4, 0.5) is 10.1 Å². The van der Waals surface area contributed by atoms with Crippen molar-refractivity contribution < 1.29 is 19.1 Å². The maximum Gasteiger partial charge on any atom is 0.329 e. The lowest BCUT2D eigenvalue weighted by Crippen LogP contribution is -2.43. The number of anilines is 1. The van der Waals surface area contributed by atoms with Gasteiger partial charge in [0.05, 0.1) is 6.04 Å². The van der Waals surface area contributed by atoms with Gasteiger partial charge in [0.25, 0.3) is 5.91 Å². The number of amides is 1. The maximum atomic E-state index is 15.0. The van der Waals surface area contributed by atoms with Crippen molar-refractivity contribution in [3.8, 4) is 11.1 Å². The minimum absolute atomic E-state index is 0.0257. The van der Waals surface area contributed by atoms with Crippen LogP contribution in [0.15, 0.2) is 48.5 Å². The van der Waals surface area contributed by atoms with Crippen molar-refractivity contribution in [1.29, 1.82) is 0 Å². The summed E-state index contributed by atoms with van der Waals surface area (Å²) in [7, 11) is 0. The second-order valence-electron chi connectivity index (χ2n) is 9.63. The summed E-state index contributed by atoms with van der Waals surface area (Å²) in [5, 5.41) is 16.3. The quantitative estimate of drug-likeness (QED) is 0.306. The molecule has 1 amide bonds. The molecule has 3 aromatic rings. The first-order valence-electron chi connectivity index (χ1n) is 12.0. The number of hydrogen-bond donors (Lipinski definition) is 3. The van der Waals surface area contributed by atoms with Crippen molar-refractivity contribution >= 4 is 29.2 Å². The van der Waals surface area contributed by atoms with E-state index in [-0.39, 0.29) is 11.9 Å². The van der Waals surface area contributed by atoms with Crippen LogP contribution >= 0.6 is 11.6 Å². The molecule has 0 aliphatic heterocycles. The van der Waals surface area contributed by atoms with Gasteiger partial charge in [-0.05, 0) is 92.1 Å². The highest BCUT2D eigenvalue weighted by molar-refractivity contribution is 6.31. The molecule has 0 unspecified atom stereocenters.